The lowest BCUT2D eigenvalue weighted by Crippen LogP contribution is -2.47. The Balaban J connectivity index is 2.06. The number of sulfonamides is 1. The van der Waals surface area contributed by atoms with Gasteiger partial charge in [0.2, 0.25) is 10.0 Å². The van der Waals surface area contributed by atoms with Crippen LogP contribution in [0.2, 0.25) is 0 Å². The van der Waals surface area contributed by atoms with Crippen LogP contribution in [0, 0.1) is 0 Å². The van der Waals surface area contributed by atoms with Crippen LogP contribution in [-0.2, 0) is 10.0 Å². The number of benzene rings is 1. The van der Waals surface area contributed by atoms with Gasteiger partial charge >= 0.3 is 5.97 Å². The van der Waals surface area contributed by atoms with Gasteiger partial charge in [0.1, 0.15) is 0 Å². The number of hydrogen-bond acceptors (Lipinski definition) is 5. The van der Waals surface area contributed by atoms with Crippen molar-refractivity contribution in [1.29, 1.82) is 0 Å². The molecule has 1 aromatic carbocycles. The van der Waals surface area contributed by atoms with Crippen molar-refractivity contribution in [1.82, 2.24) is 14.2 Å². The second-order valence-corrected chi connectivity index (χ2v) is 7.94. The fraction of sp³-hybridized carbons (Fsp3) is 0.294. The van der Waals surface area contributed by atoms with Crippen LogP contribution in [0.25, 0.3) is 11.1 Å². The Kier molecular flexibility index (Phi) is 4.85. The highest BCUT2D eigenvalue weighted by molar-refractivity contribution is 7.89. The van der Waals surface area contributed by atoms with Crippen LogP contribution in [0.1, 0.15) is 10.4 Å². The topological polar surface area (TPSA) is 90.8 Å². The molecule has 0 aliphatic carbocycles. The lowest BCUT2D eigenvalue weighted by molar-refractivity contribution is 0.0696. The number of pyridine rings is 1. The number of piperazine rings is 1. The molecule has 132 valence electrons. The van der Waals surface area contributed by atoms with Crippen LogP contribution in [0.3, 0.4) is 0 Å². The predicted molar refractivity (Wildman–Crippen MR) is 92.9 cm³/mol. The molecule has 0 unspecified atom stereocenters. The number of hydrogen-bond donors (Lipinski definition) is 1. The summed E-state index contributed by atoms with van der Waals surface area (Å²) in [7, 11) is -1.81. The van der Waals surface area contributed by atoms with Gasteiger partial charge in [0, 0.05) is 44.1 Å². The highest BCUT2D eigenvalue weighted by Crippen LogP contribution is 2.26. The van der Waals surface area contributed by atoms with E-state index in [1.54, 1.807) is 24.5 Å². The number of rotatable bonds is 4. The first-order chi connectivity index (χ1) is 11.9. The van der Waals surface area contributed by atoms with Gasteiger partial charge in [-0.05, 0) is 36.9 Å². The zero-order valence-electron chi connectivity index (χ0n) is 13.8. The normalized spacial score (nSPS) is 16.7. The van der Waals surface area contributed by atoms with Crippen LogP contribution < -0.4 is 0 Å². The minimum Gasteiger partial charge on any atom is -0.478 e. The minimum atomic E-state index is -3.75. The average Bonchev–Trinajstić information content (AvgIpc) is 2.62. The monoisotopic (exact) mass is 361 g/mol. The van der Waals surface area contributed by atoms with Gasteiger partial charge in [0.15, 0.2) is 0 Å². The Morgan fingerprint density at radius 3 is 2.44 bits per heavy atom. The van der Waals surface area contributed by atoms with Gasteiger partial charge in [-0.25, -0.2) is 13.2 Å². The number of carboxylic acids is 1. The Bertz CT molecular complexity index is 876. The summed E-state index contributed by atoms with van der Waals surface area (Å²) in [6.07, 6.45) is 3.18. The third kappa shape index (κ3) is 3.71. The molecule has 1 aliphatic heterocycles. The first-order valence-corrected chi connectivity index (χ1v) is 9.29. The van der Waals surface area contributed by atoms with Crippen molar-refractivity contribution in [3.63, 3.8) is 0 Å². The van der Waals surface area contributed by atoms with E-state index in [1.807, 2.05) is 7.05 Å². The van der Waals surface area contributed by atoms with E-state index in [0.29, 0.717) is 37.3 Å². The number of nitrogens with zero attached hydrogens (tertiary/aromatic N) is 3. The SMILES string of the molecule is CN1CCN(S(=O)(=O)c2cc(C(=O)O)cc(-c3cccnc3)c2)CC1. The molecule has 7 nitrogen and oxygen atoms in total. The van der Waals surface area contributed by atoms with Crippen LogP contribution in [-0.4, -0.2) is 66.9 Å². The zero-order valence-corrected chi connectivity index (χ0v) is 14.6. The molecule has 1 fully saturated rings. The maximum atomic E-state index is 13.0. The largest absolute Gasteiger partial charge is 0.478 e. The summed E-state index contributed by atoms with van der Waals surface area (Å²) in [4.78, 5) is 17.5. The number of carboxylic acid groups (broad SMARTS) is 1. The molecule has 3 rings (SSSR count). The molecule has 0 saturated carbocycles. The van der Waals surface area contributed by atoms with Crippen molar-refractivity contribution >= 4 is 16.0 Å². The van der Waals surface area contributed by atoms with Crippen molar-refractivity contribution in [2.24, 2.45) is 0 Å². The van der Waals surface area contributed by atoms with E-state index < -0.39 is 16.0 Å². The van der Waals surface area contributed by atoms with Crippen LogP contribution in [0.15, 0.2) is 47.6 Å². The van der Waals surface area contributed by atoms with Crippen LogP contribution >= 0.6 is 0 Å². The van der Waals surface area contributed by atoms with Crippen molar-refractivity contribution in [3.8, 4) is 11.1 Å². The summed E-state index contributed by atoms with van der Waals surface area (Å²) < 4.78 is 27.3. The van der Waals surface area contributed by atoms with Crippen LogP contribution in [0.5, 0.6) is 0 Å². The third-order valence-electron chi connectivity index (χ3n) is 4.25. The Morgan fingerprint density at radius 2 is 1.84 bits per heavy atom. The molecular weight excluding hydrogens is 342 g/mol. The molecule has 8 heteroatoms. The fourth-order valence-corrected chi connectivity index (χ4v) is 4.24. The molecule has 0 bridgehead atoms. The predicted octanol–water partition coefficient (Wildman–Crippen LogP) is 1.38. The first kappa shape index (κ1) is 17.5. The zero-order chi connectivity index (χ0) is 18.0. The molecule has 25 heavy (non-hydrogen) atoms. The van der Waals surface area contributed by atoms with E-state index in [0.717, 1.165) is 0 Å². The van der Waals surface area contributed by atoms with E-state index in [1.165, 1.54) is 22.5 Å². The van der Waals surface area contributed by atoms with Gasteiger partial charge < -0.3 is 10.0 Å². The highest BCUT2D eigenvalue weighted by atomic mass is 32.2. The van der Waals surface area contributed by atoms with E-state index >= 15 is 0 Å². The number of aromatic carboxylic acids is 1. The quantitative estimate of drug-likeness (QED) is 0.885. The molecule has 0 amide bonds. The number of likely N-dealkylation sites (N-methyl/N-ethyl adjacent to an activating group) is 1. The Hall–Kier alpha value is -2.29. The fourth-order valence-electron chi connectivity index (χ4n) is 2.75. The molecule has 0 spiro atoms. The lowest BCUT2D eigenvalue weighted by Gasteiger charge is -2.31. The summed E-state index contributed by atoms with van der Waals surface area (Å²) >= 11 is 0. The second-order valence-electron chi connectivity index (χ2n) is 6.00. The number of aromatic nitrogens is 1. The molecule has 0 radical (unpaired) electrons. The Morgan fingerprint density at radius 1 is 1.12 bits per heavy atom. The maximum absolute atomic E-state index is 13.0. The average molecular weight is 361 g/mol. The van der Waals surface area contributed by atoms with Gasteiger partial charge in [-0.15, -0.1) is 0 Å². The van der Waals surface area contributed by atoms with Crippen molar-refractivity contribution in [2.75, 3.05) is 33.2 Å². The van der Waals surface area contributed by atoms with Crippen LogP contribution in [0.4, 0.5) is 0 Å². The van der Waals surface area contributed by atoms with Gasteiger partial charge in [0.05, 0.1) is 10.5 Å². The summed E-state index contributed by atoms with van der Waals surface area (Å²) in [6.45, 7) is 2.07. The van der Waals surface area contributed by atoms with Crippen molar-refractivity contribution in [3.05, 3.63) is 48.3 Å². The highest BCUT2D eigenvalue weighted by Gasteiger charge is 2.28. The number of carbonyl (C=O) groups is 1. The first-order valence-electron chi connectivity index (χ1n) is 7.85. The van der Waals surface area contributed by atoms with E-state index in [9.17, 15) is 18.3 Å². The molecule has 1 N–H and O–H groups in total. The molecular formula is C17H19N3O4S. The van der Waals surface area contributed by atoms with Gasteiger partial charge in [0.25, 0.3) is 0 Å². The molecule has 1 saturated heterocycles. The third-order valence-corrected chi connectivity index (χ3v) is 6.12. The smallest absolute Gasteiger partial charge is 0.335 e. The van der Waals surface area contributed by atoms with E-state index in [2.05, 4.69) is 9.88 Å². The molecule has 0 atom stereocenters. The molecule has 2 heterocycles. The van der Waals surface area contributed by atoms with Crippen molar-refractivity contribution < 1.29 is 18.3 Å². The maximum Gasteiger partial charge on any atom is 0.335 e. The van der Waals surface area contributed by atoms with Crippen molar-refractivity contribution in [2.45, 2.75) is 4.90 Å². The molecule has 2 aromatic rings. The summed E-state index contributed by atoms with van der Waals surface area (Å²) in [5.41, 5.74) is 1.12. The van der Waals surface area contributed by atoms with E-state index in [4.69, 9.17) is 0 Å². The van der Waals surface area contributed by atoms with Gasteiger partial charge in [-0.2, -0.15) is 4.31 Å². The second kappa shape index (κ2) is 6.91. The Labute approximate surface area is 146 Å². The summed E-state index contributed by atoms with van der Waals surface area (Å²) in [5.74, 6) is -1.17. The van der Waals surface area contributed by atoms with Gasteiger partial charge in [-0.3, -0.25) is 4.98 Å². The summed E-state index contributed by atoms with van der Waals surface area (Å²) in [6, 6.07) is 7.67. The summed E-state index contributed by atoms with van der Waals surface area (Å²) in [5, 5.41) is 9.36. The standard InChI is InChI=1S/C17H19N3O4S/c1-19-5-7-20(8-6-19)25(23,24)16-10-14(9-15(11-16)17(21)22)13-3-2-4-18-12-13/h2-4,9-12H,5-8H2,1H3,(H,21,22). The minimum absolute atomic E-state index is 0.00388. The van der Waals surface area contributed by atoms with E-state index in [-0.39, 0.29) is 10.5 Å². The molecule has 1 aliphatic rings. The molecule has 1 aromatic heterocycles. The lowest BCUT2D eigenvalue weighted by atomic mass is 10.0. The van der Waals surface area contributed by atoms with Gasteiger partial charge in [-0.1, -0.05) is 6.07 Å².